The van der Waals surface area contributed by atoms with Crippen LogP contribution >= 0.6 is 0 Å². The third-order valence-corrected chi connectivity index (χ3v) is 2.93. The molecule has 1 amide bonds. The molecule has 0 saturated heterocycles. The fraction of sp³-hybridized carbons (Fsp3) is 0.562. The largest absolute Gasteiger partial charge is 0.443 e. The lowest BCUT2D eigenvalue weighted by molar-refractivity contribution is 0.0104. The van der Waals surface area contributed by atoms with E-state index in [1.54, 1.807) is 20.8 Å². The number of amides is 1. The van der Waals surface area contributed by atoms with Gasteiger partial charge < -0.3 is 15.6 Å². The first-order valence-electron chi connectivity index (χ1n) is 7.45. The van der Waals surface area contributed by atoms with Crippen molar-refractivity contribution >= 4 is 6.09 Å². The lowest BCUT2D eigenvalue weighted by atomic mass is 10.0. The van der Waals surface area contributed by atoms with E-state index >= 15 is 0 Å². The molecule has 124 valence electrons. The zero-order valence-corrected chi connectivity index (χ0v) is 13.6. The van der Waals surface area contributed by atoms with Crippen molar-refractivity contribution in [1.82, 2.24) is 10.4 Å². The number of ether oxygens (including phenoxy) is 1. The van der Waals surface area contributed by atoms with Gasteiger partial charge in [-0.3, -0.25) is 5.43 Å². The van der Waals surface area contributed by atoms with E-state index in [9.17, 15) is 9.90 Å². The highest BCUT2D eigenvalue weighted by atomic mass is 16.6. The summed E-state index contributed by atoms with van der Waals surface area (Å²) in [7, 11) is 0. The number of aliphatic hydroxyl groups is 1. The summed E-state index contributed by atoms with van der Waals surface area (Å²) in [6.45, 7) is 5.50. The highest BCUT2D eigenvalue weighted by molar-refractivity contribution is 5.66. The molecule has 0 bridgehead atoms. The molecule has 0 fully saturated rings. The number of benzene rings is 1. The number of nitrogens with zero attached hydrogens (tertiary/aromatic N) is 1. The zero-order chi connectivity index (χ0) is 16.6. The van der Waals surface area contributed by atoms with Crippen molar-refractivity contribution in [1.29, 1.82) is 0 Å². The van der Waals surface area contributed by atoms with Gasteiger partial charge in [-0.15, -0.1) is 0 Å². The molecule has 0 saturated carbocycles. The highest BCUT2D eigenvalue weighted by Crippen LogP contribution is 2.07. The summed E-state index contributed by atoms with van der Waals surface area (Å²) in [5.41, 5.74) is 9.20. The van der Waals surface area contributed by atoms with E-state index in [2.05, 4.69) is 5.43 Å². The van der Waals surface area contributed by atoms with Crippen molar-refractivity contribution in [2.75, 3.05) is 13.3 Å². The lowest BCUT2D eigenvalue weighted by Gasteiger charge is -2.25. The van der Waals surface area contributed by atoms with E-state index in [1.165, 1.54) is 10.6 Å². The van der Waals surface area contributed by atoms with Crippen LogP contribution in [-0.2, 0) is 11.2 Å². The molecule has 1 atom stereocenters. The summed E-state index contributed by atoms with van der Waals surface area (Å²) in [4.78, 5) is 11.6. The van der Waals surface area contributed by atoms with Crippen molar-refractivity contribution < 1.29 is 14.6 Å². The molecule has 0 unspecified atom stereocenters. The Morgan fingerprint density at radius 3 is 2.55 bits per heavy atom. The highest BCUT2D eigenvalue weighted by Gasteiger charge is 2.18. The van der Waals surface area contributed by atoms with Crippen LogP contribution in [0.3, 0.4) is 0 Å². The lowest BCUT2D eigenvalue weighted by Crippen LogP contribution is -2.46. The van der Waals surface area contributed by atoms with Crippen molar-refractivity contribution in [2.45, 2.75) is 45.3 Å². The van der Waals surface area contributed by atoms with Crippen molar-refractivity contribution in [3.8, 4) is 0 Å². The van der Waals surface area contributed by atoms with Gasteiger partial charge in [0.05, 0.1) is 0 Å². The fourth-order valence-corrected chi connectivity index (χ4v) is 1.93. The monoisotopic (exact) mass is 309 g/mol. The Labute approximate surface area is 132 Å². The van der Waals surface area contributed by atoms with Crippen LogP contribution in [0.25, 0.3) is 0 Å². The minimum atomic E-state index is -0.585. The predicted molar refractivity (Wildman–Crippen MR) is 85.9 cm³/mol. The molecule has 0 radical (unpaired) electrons. The van der Waals surface area contributed by atoms with Gasteiger partial charge in [-0.05, 0) is 39.2 Å². The van der Waals surface area contributed by atoms with E-state index in [-0.39, 0.29) is 12.8 Å². The van der Waals surface area contributed by atoms with Gasteiger partial charge in [0.1, 0.15) is 12.3 Å². The number of nitrogens with one attached hydrogen (secondary N) is 1. The van der Waals surface area contributed by atoms with Crippen molar-refractivity contribution in [3.63, 3.8) is 0 Å². The minimum absolute atomic E-state index is 0.0445. The maximum absolute atomic E-state index is 11.6. The molecule has 1 rings (SSSR count). The number of hydrogen-bond donors (Lipinski definition) is 3. The molecule has 0 aromatic heterocycles. The molecule has 0 aliphatic carbocycles. The first-order chi connectivity index (χ1) is 10.3. The third-order valence-electron chi connectivity index (χ3n) is 2.93. The molecule has 0 heterocycles. The molecule has 22 heavy (non-hydrogen) atoms. The van der Waals surface area contributed by atoms with Gasteiger partial charge in [-0.25, -0.2) is 4.79 Å². The Morgan fingerprint density at radius 2 is 2.00 bits per heavy atom. The molecular formula is C16H27N3O3. The third kappa shape index (κ3) is 7.97. The van der Waals surface area contributed by atoms with E-state index < -0.39 is 11.7 Å². The number of hydrogen-bond acceptors (Lipinski definition) is 5. The maximum Gasteiger partial charge on any atom is 0.422 e. The Hall–Kier alpha value is -1.63. The predicted octanol–water partition coefficient (Wildman–Crippen LogP) is 1.64. The Bertz CT molecular complexity index is 446. The van der Waals surface area contributed by atoms with Crippen molar-refractivity contribution in [3.05, 3.63) is 35.9 Å². The number of hydrazine groups is 1. The van der Waals surface area contributed by atoms with Crippen LogP contribution in [0.2, 0.25) is 0 Å². The van der Waals surface area contributed by atoms with Gasteiger partial charge in [-0.2, -0.15) is 5.01 Å². The summed E-state index contributed by atoms with van der Waals surface area (Å²) in [5, 5.41) is 10.7. The molecule has 1 aromatic carbocycles. The fourth-order valence-electron chi connectivity index (χ4n) is 1.93. The minimum Gasteiger partial charge on any atom is -0.443 e. The smallest absolute Gasteiger partial charge is 0.422 e. The van der Waals surface area contributed by atoms with Crippen molar-refractivity contribution in [2.24, 2.45) is 5.73 Å². The maximum atomic E-state index is 11.6. The van der Waals surface area contributed by atoms with Gasteiger partial charge in [-0.1, -0.05) is 30.3 Å². The normalized spacial score (nSPS) is 13.0. The van der Waals surface area contributed by atoms with Crippen LogP contribution in [0.4, 0.5) is 4.79 Å². The van der Waals surface area contributed by atoms with Crippen LogP contribution in [0.5, 0.6) is 0 Å². The molecule has 1 aromatic rings. The molecule has 0 aliphatic heterocycles. The second-order valence-corrected chi connectivity index (χ2v) is 6.26. The molecular weight excluding hydrogens is 282 g/mol. The summed E-state index contributed by atoms with van der Waals surface area (Å²) in [6.07, 6.45) is 0.816. The number of carbonyl (C=O) groups is 1. The number of carbonyl (C=O) groups excluding carboxylic acids is 1. The van der Waals surface area contributed by atoms with E-state index in [1.807, 2.05) is 30.3 Å². The van der Waals surface area contributed by atoms with E-state index in [0.717, 1.165) is 6.42 Å². The zero-order valence-electron chi connectivity index (χ0n) is 13.6. The standard InChI is InChI=1S/C16H27N3O3/c1-16(2,3)22-15(21)18-19(12-20)10-9-14(17)11-13-7-5-4-6-8-13/h4-8,14,20H,9-12,17H2,1-3H3,(H,18,21)/t14-/m1/s1. The van der Waals surface area contributed by atoms with Crippen LogP contribution in [0, 0.1) is 0 Å². The van der Waals surface area contributed by atoms with Gasteiger partial charge in [0, 0.05) is 12.6 Å². The summed E-state index contributed by atoms with van der Waals surface area (Å²) in [5.74, 6) is 0. The number of aliphatic hydroxyl groups excluding tert-OH is 1. The number of nitrogens with two attached hydrogens (primary N) is 1. The van der Waals surface area contributed by atoms with Gasteiger partial charge in [0.2, 0.25) is 0 Å². The van der Waals surface area contributed by atoms with Gasteiger partial charge in [0.25, 0.3) is 0 Å². The molecule has 4 N–H and O–H groups in total. The summed E-state index contributed by atoms with van der Waals surface area (Å²) < 4.78 is 5.14. The first-order valence-corrected chi connectivity index (χ1v) is 7.45. The van der Waals surface area contributed by atoms with Crippen LogP contribution in [0.1, 0.15) is 32.8 Å². The Balaban J connectivity index is 2.35. The number of rotatable bonds is 7. The van der Waals surface area contributed by atoms with Crippen LogP contribution < -0.4 is 11.2 Å². The molecule has 6 heteroatoms. The quantitative estimate of drug-likeness (QED) is 0.526. The topological polar surface area (TPSA) is 87.8 Å². The van der Waals surface area contributed by atoms with Gasteiger partial charge >= 0.3 is 6.09 Å². The Morgan fingerprint density at radius 1 is 1.36 bits per heavy atom. The average Bonchev–Trinajstić information content (AvgIpc) is 2.42. The first kappa shape index (κ1) is 18.4. The molecule has 0 aliphatic rings. The summed E-state index contributed by atoms with van der Waals surface area (Å²) in [6, 6.07) is 9.94. The SMILES string of the molecule is CC(C)(C)OC(=O)NN(CO)CC[C@@H](N)Cc1ccccc1. The van der Waals surface area contributed by atoms with E-state index in [0.29, 0.717) is 13.0 Å². The van der Waals surface area contributed by atoms with Gasteiger partial charge in [0.15, 0.2) is 0 Å². The van der Waals surface area contributed by atoms with E-state index in [4.69, 9.17) is 10.5 Å². The molecule has 6 nitrogen and oxygen atoms in total. The Kier molecular flexibility index (Phi) is 7.31. The second kappa shape index (κ2) is 8.73. The average molecular weight is 309 g/mol. The van der Waals surface area contributed by atoms with Crippen LogP contribution in [-0.4, -0.2) is 41.1 Å². The van der Waals surface area contributed by atoms with Crippen LogP contribution in [0.15, 0.2) is 30.3 Å². The molecule has 0 spiro atoms. The summed E-state index contributed by atoms with van der Waals surface area (Å²) >= 11 is 0. The second-order valence-electron chi connectivity index (χ2n) is 6.26.